The summed E-state index contributed by atoms with van der Waals surface area (Å²) < 4.78 is 34.7. The molecule has 0 spiro atoms. The van der Waals surface area contributed by atoms with E-state index in [4.69, 9.17) is 4.42 Å². The smallest absolute Gasteiger partial charge is 0.262 e. The van der Waals surface area contributed by atoms with Crippen LogP contribution in [0.25, 0.3) is 21.9 Å². The number of sulfonamides is 1. The van der Waals surface area contributed by atoms with Gasteiger partial charge < -0.3 is 14.3 Å². The maximum Gasteiger partial charge on any atom is 0.262 e. The molecule has 1 amide bonds. The van der Waals surface area contributed by atoms with E-state index < -0.39 is 10.0 Å². The lowest BCUT2D eigenvalue weighted by molar-refractivity contribution is -0.120. The van der Waals surface area contributed by atoms with Crippen molar-refractivity contribution in [3.05, 3.63) is 54.5 Å². The van der Waals surface area contributed by atoms with Crippen LogP contribution in [0.5, 0.6) is 0 Å². The van der Waals surface area contributed by atoms with Crippen LogP contribution in [0.4, 0.5) is 5.69 Å². The SMILES string of the molecule is Cc1nc(S(=O)(=O)N2CCC(C(=O)Nc3ccc4c(c3)oc3ccccc34)CC2)cn1C. The molecule has 3 heterocycles. The van der Waals surface area contributed by atoms with Crippen molar-refractivity contribution in [3.63, 3.8) is 0 Å². The number of carbonyl (C=O) groups excluding carboxylic acids is 1. The highest BCUT2D eigenvalue weighted by molar-refractivity contribution is 7.89. The lowest BCUT2D eigenvalue weighted by Gasteiger charge is -2.29. The van der Waals surface area contributed by atoms with Gasteiger partial charge in [0.05, 0.1) is 0 Å². The van der Waals surface area contributed by atoms with Crippen LogP contribution in [-0.4, -0.2) is 41.3 Å². The Bertz CT molecular complexity index is 1410. The molecule has 0 radical (unpaired) electrons. The molecule has 5 rings (SSSR count). The maximum absolute atomic E-state index is 12.9. The predicted octanol–water partition coefficient (Wildman–Crippen LogP) is 3.67. The predicted molar refractivity (Wildman–Crippen MR) is 122 cm³/mol. The zero-order valence-electron chi connectivity index (χ0n) is 17.9. The average molecular weight is 453 g/mol. The van der Waals surface area contributed by atoms with Crippen LogP contribution in [0.2, 0.25) is 0 Å². The van der Waals surface area contributed by atoms with Crippen molar-refractivity contribution in [2.24, 2.45) is 13.0 Å². The molecular weight excluding hydrogens is 428 g/mol. The number of benzene rings is 2. The van der Waals surface area contributed by atoms with Crippen molar-refractivity contribution >= 4 is 43.6 Å². The van der Waals surface area contributed by atoms with Crippen LogP contribution < -0.4 is 5.32 Å². The number of imidazole rings is 1. The Labute approximate surface area is 185 Å². The van der Waals surface area contributed by atoms with Gasteiger partial charge in [-0.25, -0.2) is 13.4 Å². The van der Waals surface area contributed by atoms with Crippen molar-refractivity contribution in [3.8, 4) is 0 Å². The molecule has 0 bridgehead atoms. The fourth-order valence-corrected chi connectivity index (χ4v) is 5.68. The zero-order chi connectivity index (χ0) is 22.5. The lowest BCUT2D eigenvalue weighted by Crippen LogP contribution is -2.41. The highest BCUT2D eigenvalue weighted by atomic mass is 32.2. The maximum atomic E-state index is 12.9. The van der Waals surface area contributed by atoms with Crippen LogP contribution in [-0.2, 0) is 21.9 Å². The normalized spacial score (nSPS) is 16.1. The summed E-state index contributed by atoms with van der Waals surface area (Å²) in [6, 6.07) is 13.5. The molecule has 0 saturated carbocycles. The molecular formula is C23H24N4O4S. The first-order valence-electron chi connectivity index (χ1n) is 10.6. The van der Waals surface area contributed by atoms with Gasteiger partial charge in [-0.3, -0.25) is 4.79 Å². The Kier molecular flexibility index (Phi) is 5.02. The summed E-state index contributed by atoms with van der Waals surface area (Å²) in [6.45, 7) is 2.34. The second kappa shape index (κ2) is 7.75. The summed E-state index contributed by atoms with van der Waals surface area (Å²) in [5, 5.41) is 5.06. The second-order valence-corrected chi connectivity index (χ2v) is 10.1. The summed E-state index contributed by atoms with van der Waals surface area (Å²) >= 11 is 0. The number of para-hydroxylation sites is 1. The van der Waals surface area contributed by atoms with E-state index in [-0.39, 0.29) is 16.9 Å². The van der Waals surface area contributed by atoms with Crippen molar-refractivity contribution < 1.29 is 17.6 Å². The van der Waals surface area contributed by atoms with Gasteiger partial charge in [-0.05, 0) is 38.0 Å². The van der Waals surface area contributed by atoms with Gasteiger partial charge in [0.25, 0.3) is 10.0 Å². The monoisotopic (exact) mass is 452 g/mol. The minimum absolute atomic E-state index is 0.0551. The van der Waals surface area contributed by atoms with E-state index in [2.05, 4.69) is 10.3 Å². The largest absolute Gasteiger partial charge is 0.456 e. The first-order valence-corrected chi connectivity index (χ1v) is 12.0. The van der Waals surface area contributed by atoms with Crippen molar-refractivity contribution in [1.82, 2.24) is 13.9 Å². The molecule has 1 fully saturated rings. The second-order valence-electron chi connectivity index (χ2n) is 8.21. The van der Waals surface area contributed by atoms with Crippen LogP contribution in [0.1, 0.15) is 18.7 Å². The summed E-state index contributed by atoms with van der Waals surface area (Å²) in [7, 11) is -1.89. The number of fused-ring (bicyclic) bond motifs is 3. The van der Waals surface area contributed by atoms with Gasteiger partial charge in [0.2, 0.25) is 5.91 Å². The Balaban J connectivity index is 1.26. The Morgan fingerprint density at radius 2 is 1.81 bits per heavy atom. The number of anilines is 1. The minimum atomic E-state index is -3.65. The van der Waals surface area contributed by atoms with Gasteiger partial charge in [-0.1, -0.05) is 18.2 Å². The van der Waals surface area contributed by atoms with Gasteiger partial charge in [-0.15, -0.1) is 0 Å². The molecule has 32 heavy (non-hydrogen) atoms. The molecule has 1 N–H and O–H groups in total. The average Bonchev–Trinajstić information content (AvgIpc) is 3.33. The molecule has 0 aliphatic carbocycles. The number of carbonyl (C=O) groups is 1. The molecule has 0 unspecified atom stereocenters. The molecule has 1 saturated heterocycles. The minimum Gasteiger partial charge on any atom is -0.456 e. The molecule has 8 nitrogen and oxygen atoms in total. The Hall–Kier alpha value is -3.17. The summed E-state index contributed by atoms with van der Waals surface area (Å²) in [6.07, 6.45) is 2.45. The number of piperidine rings is 1. The number of aromatic nitrogens is 2. The molecule has 1 aliphatic rings. The third-order valence-corrected chi connectivity index (χ3v) is 7.93. The number of nitrogens with one attached hydrogen (secondary N) is 1. The number of hydrogen-bond donors (Lipinski definition) is 1. The van der Waals surface area contributed by atoms with Gasteiger partial charge in [0, 0.05) is 54.8 Å². The standard InChI is InChI=1S/C23H24N4O4S/c1-15-24-22(14-26(15)2)32(29,30)27-11-9-16(10-12-27)23(28)25-17-7-8-19-18-5-3-4-6-20(18)31-21(19)13-17/h3-8,13-14,16H,9-12H2,1-2H3,(H,25,28). The Morgan fingerprint density at radius 3 is 2.53 bits per heavy atom. The highest BCUT2D eigenvalue weighted by Crippen LogP contribution is 2.31. The van der Waals surface area contributed by atoms with E-state index in [1.165, 1.54) is 10.5 Å². The number of nitrogens with zero attached hydrogens (tertiary/aromatic N) is 3. The fraction of sp³-hybridized carbons (Fsp3) is 0.304. The first kappa shape index (κ1) is 20.7. The summed E-state index contributed by atoms with van der Waals surface area (Å²) in [4.78, 5) is 17.0. The molecule has 4 aromatic rings. The van der Waals surface area contributed by atoms with E-state index in [0.717, 1.165) is 21.9 Å². The quantitative estimate of drug-likeness (QED) is 0.510. The molecule has 1 aliphatic heterocycles. The van der Waals surface area contributed by atoms with E-state index in [1.807, 2.05) is 42.5 Å². The van der Waals surface area contributed by atoms with Gasteiger partial charge >= 0.3 is 0 Å². The lowest BCUT2D eigenvalue weighted by atomic mass is 9.97. The number of hydrogen-bond acceptors (Lipinski definition) is 5. The fourth-order valence-electron chi connectivity index (χ4n) is 4.19. The van der Waals surface area contributed by atoms with Crippen LogP contribution in [0.3, 0.4) is 0 Å². The van der Waals surface area contributed by atoms with Crippen LogP contribution >= 0.6 is 0 Å². The number of furan rings is 1. The van der Waals surface area contributed by atoms with Gasteiger partial charge in [0.15, 0.2) is 5.03 Å². The van der Waals surface area contributed by atoms with Crippen molar-refractivity contribution in [2.45, 2.75) is 24.8 Å². The highest BCUT2D eigenvalue weighted by Gasteiger charge is 2.33. The van der Waals surface area contributed by atoms with E-state index in [1.54, 1.807) is 18.5 Å². The third kappa shape index (κ3) is 3.57. The zero-order valence-corrected chi connectivity index (χ0v) is 18.7. The van der Waals surface area contributed by atoms with E-state index in [0.29, 0.717) is 37.4 Å². The van der Waals surface area contributed by atoms with E-state index in [9.17, 15) is 13.2 Å². The van der Waals surface area contributed by atoms with Crippen LogP contribution in [0.15, 0.2) is 58.1 Å². The number of aryl methyl sites for hydroxylation is 2. The number of rotatable bonds is 4. The summed E-state index contributed by atoms with van der Waals surface area (Å²) in [5.74, 6) is 0.281. The number of amides is 1. The van der Waals surface area contributed by atoms with Crippen molar-refractivity contribution in [2.75, 3.05) is 18.4 Å². The molecule has 9 heteroatoms. The third-order valence-electron chi connectivity index (χ3n) is 6.16. The molecule has 166 valence electrons. The first-order chi connectivity index (χ1) is 15.3. The van der Waals surface area contributed by atoms with Gasteiger partial charge in [-0.2, -0.15) is 4.31 Å². The molecule has 2 aromatic heterocycles. The molecule has 0 atom stereocenters. The Morgan fingerprint density at radius 1 is 1.09 bits per heavy atom. The van der Waals surface area contributed by atoms with Gasteiger partial charge in [0.1, 0.15) is 17.0 Å². The van der Waals surface area contributed by atoms with E-state index >= 15 is 0 Å². The van der Waals surface area contributed by atoms with Crippen molar-refractivity contribution in [1.29, 1.82) is 0 Å². The van der Waals surface area contributed by atoms with Crippen LogP contribution in [0, 0.1) is 12.8 Å². The summed E-state index contributed by atoms with van der Waals surface area (Å²) in [5.41, 5.74) is 2.19. The molecule has 2 aromatic carbocycles. The topological polar surface area (TPSA) is 97.4 Å².